The summed E-state index contributed by atoms with van der Waals surface area (Å²) in [5.41, 5.74) is 5.74. The first-order valence-corrected chi connectivity index (χ1v) is 6.21. The third-order valence-corrected chi connectivity index (χ3v) is 3.84. The Kier molecular flexibility index (Phi) is 2.49. The summed E-state index contributed by atoms with van der Waals surface area (Å²) in [4.78, 5) is 0. The lowest BCUT2D eigenvalue weighted by atomic mass is 9.82. The number of fused-ring (bicyclic) bond motifs is 3. The second kappa shape index (κ2) is 3.86. The van der Waals surface area contributed by atoms with Gasteiger partial charge in [0.05, 0.1) is 12.7 Å². The van der Waals surface area contributed by atoms with Crippen molar-refractivity contribution in [2.45, 2.75) is 38.8 Å². The number of nitrogens with one attached hydrogen (secondary N) is 1. The first-order valence-electron chi connectivity index (χ1n) is 6.21. The van der Waals surface area contributed by atoms with Gasteiger partial charge in [-0.1, -0.05) is 17.7 Å². The lowest BCUT2D eigenvalue weighted by molar-refractivity contribution is -0.0128. The number of rotatable bonds is 0. The van der Waals surface area contributed by atoms with Gasteiger partial charge in [-0.25, -0.2) is 0 Å². The van der Waals surface area contributed by atoms with E-state index in [1.165, 1.54) is 35.1 Å². The van der Waals surface area contributed by atoms with E-state index in [1.807, 2.05) is 0 Å². The van der Waals surface area contributed by atoms with Crippen LogP contribution in [0.5, 0.6) is 0 Å². The highest BCUT2D eigenvalue weighted by molar-refractivity contribution is 5.42. The number of benzene rings is 1. The molecule has 2 atom stereocenters. The van der Waals surface area contributed by atoms with Crippen molar-refractivity contribution in [2.75, 3.05) is 13.2 Å². The summed E-state index contributed by atoms with van der Waals surface area (Å²) in [5, 5.41) is 3.58. The molecule has 2 unspecified atom stereocenters. The van der Waals surface area contributed by atoms with Gasteiger partial charge in [-0.15, -0.1) is 0 Å². The van der Waals surface area contributed by atoms with Crippen molar-refractivity contribution in [2.24, 2.45) is 0 Å². The first-order chi connectivity index (χ1) is 7.75. The Morgan fingerprint density at radius 2 is 2.19 bits per heavy atom. The van der Waals surface area contributed by atoms with Crippen LogP contribution in [-0.2, 0) is 11.2 Å². The quantitative estimate of drug-likeness (QED) is 0.720. The highest BCUT2D eigenvalue weighted by Gasteiger charge is 2.32. The van der Waals surface area contributed by atoms with Crippen LogP contribution in [0, 0.1) is 13.8 Å². The molecular formula is C14H19NO. The smallest absolute Gasteiger partial charge is 0.0981 e. The largest absolute Gasteiger partial charge is 0.371 e. The topological polar surface area (TPSA) is 21.3 Å². The molecule has 1 aromatic carbocycles. The van der Waals surface area contributed by atoms with Gasteiger partial charge in [-0.3, -0.25) is 0 Å². The molecule has 1 N–H and O–H groups in total. The summed E-state index contributed by atoms with van der Waals surface area (Å²) in [6.45, 7) is 6.24. The van der Waals surface area contributed by atoms with Crippen LogP contribution in [-0.4, -0.2) is 19.2 Å². The molecule has 0 saturated carbocycles. The van der Waals surface area contributed by atoms with Gasteiger partial charge in [0.1, 0.15) is 0 Å². The predicted octanol–water partition coefficient (Wildman–Crippen LogP) is 2.28. The van der Waals surface area contributed by atoms with E-state index in [0.717, 1.165) is 13.2 Å². The minimum absolute atomic E-state index is 0.288. The summed E-state index contributed by atoms with van der Waals surface area (Å²) in [5.74, 6) is 0. The van der Waals surface area contributed by atoms with Crippen LogP contribution < -0.4 is 5.32 Å². The molecule has 1 aliphatic carbocycles. The van der Waals surface area contributed by atoms with Gasteiger partial charge in [-0.05, 0) is 43.4 Å². The van der Waals surface area contributed by atoms with Gasteiger partial charge in [0.2, 0.25) is 0 Å². The van der Waals surface area contributed by atoms with E-state index in [1.54, 1.807) is 0 Å². The first kappa shape index (κ1) is 10.3. The Bertz CT molecular complexity index is 413. The zero-order chi connectivity index (χ0) is 11.1. The van der Waals surface area contributed by atoms with E-state index < -0.39 is 0 Å². The molecule has 0 bridgehead atoms. The summed E-state index contributed by atoms with van der Waals surface area (Å²) >= 11 is 0. The number of morpholine rings is 1. The van der Waals surface area contributed by atoms with Crippen LogP contribution in [0.25, 0.3) is 0 Å². The lowest BCUT2D eigenvalue weighted by Crippen LogP contribution is -2.46. The van der Waals surface area contributed by atoms with Crippen molar-refractivity contribution in [3.63, 3.8) is 0 Å². The van der Waals surface area contributed by atoms with Crippen molar-refractivity contribution < 1.29 is 4.74 Å². The summed E-state index contributed by atoms with van der Waals surface area (Å²) in [7, 11) is 0. The Balaban J connectivity index is 2.06. The Morgan fingerprint density at radius 1 is 1.31 bits per heavy atom. The number of aryl methyl sites for hydroxylation is 2. The molecule has 16 heavy (non-hydrogen) atoms. The van der Waals surface area contributed by atoms with Crippen LogP contribution in [0.1, 0.15) is 34.8 Å². The van der Waals surface area contributed by atoms with E-state index in [4.69, 9.17) is 4.74 Å². The fourth-order valence-corrected chi connectivity index (χ4v) is 3.14. The average molecular weight is 217 g/mol. The fourth-order valence-electron chi connectivity index (χ4n) is 3.14. The summed E-state index contributed by atoms with van der Waals surface area (Å²) in [6.07, 6.45) is 2.69. The van der Waals surface area contributed by atoms with Crippen LogP contribution in [0.3, 0.4) is 0 Å². The third kappa shape index (κ3) is 1.57. The van der Waals surface area contributed by atoms with E-state index >= 15 is 0 Å². The highest BCUT2D eigenvalue weighted by Crippen LogP contribution is 2.36. The van der Waals surface area contributed by atoms with E-state index in [2.05, 4.69) is 31.3 Å². The summed E-state index contributed by atoms with van der Waals surface area (Å²) < 4.78 is 5.96. The number of hydrogen-bond acceptors (Lipinski definition) is 2. The van der Waals surface area contributed by atoms with Crippen LogP contribution in [0.4, 0.5) is 0 Å². The van der Waals surface area contributed by atoms with Crippen molar-refractivity contribution in [1.29, 1.82) is 0 Å². The van der Waals surface area contributed by atoms with Crippen LogP contribution in [0.2, 0.25) is 0 Å². The number of ether oxygens (including phenoxy) is 1. The molecule has 0 spiro atoms. The van der Waals surface area contributed by atoms with Crippen molar-refractivity contribution in [1.82, 2.24) is 5.32 Å². The monoisotopic (exact) mass is 217 g/mol. The molecule has 0 radical (unpaired) electrons. The molecule has 2 heteroatoms. The molecule has 86 valence electrons. The molecule has 1 saturated heterocycles. The summed E-state index contributed by atoms with van der Waals surface area (Å²) in [6, 6.07) is 5.13. The predicted molar refractivity (Wildman–Crippen MR) is 64.7 cm³/mol. The molecule has 3 rings (SSSR count). The van der Waals surface area contributed by atoms with Crippen molar-refractivity contribution in [3.05, 3.63) is 34.4 Å². The van der Waals surface area contributed by atoms with Crippen molar-refractivity contribution in [3.8, 4) is 0 Å². The zero-order valence-electron chi connectivity index (χ0n) is 10.0. The van der Waals surface area contributed by atoms with Gasteiger partial charge in [0.25, 0.3) is 0 Å². The Labute approximate surface area is 97.0 Å². The minimum atomic E-state index is 0.288. The standard InChI is InChI=1S/C14H19NO/c1-9-7-10(2)11-3-4-13-14(12(11)8-9)16-6-5-15-13/h7-8,13-15H,3-6H2,1-2H3. The average Bonchev–Trinajstić information content (AvgIpc) is 2.28. The van der Waals surface area contributed by atoms with E-state index in [-0.39, 0.29) is 6.10 Å². The maximum atomic E-state index is 5.96. The Morgan fingerprint density at radius 3 is 3.06 bits per heavy atom. The SMILES string of the molecule is Cc1cc(C)c2c(c1)C1OCCNC1CC2. The molecule has 2 aliphatic rings. The minimum Gasteiger partial charge on any atom is -0.371 e. The maximum absolute atomic E-state index is 5.96. The molecule has 1 aromatic rings. The molecule has 1 aliphatic heterocycles. The van der Waals surface area contributed by atoms with Crippen LogP contribution >= 0.6 is 0 Å². The number of hydrogen-bond donors (Lipinski definition) is 1. The second-order valence-corrected chi connectivity index (χ2v) is 5.04. The van der Waals surface area contributed by atoms with Crippen LogP contribution in [0.15, 0.2) is 12.1 Å². The normalized spacial score (nSPS) is 28.4. The molecule has 0 amide bonds. The Hall–Kier alpha value is -0.860. The van der Waals surface area contributed by atoms with Gasteiger partial charge >= 0.3 is 0 Å². The van der Waals surface area contributed by atoms with Gasteiger partial charge < -0.3 is 10.1 Å². The van der Waals surface area contributed by atoms with Gasteiger partial charge in [0.15, 0.2) is 0 Å². The fraction of sp³-hybridized carbons (Fsp3) is 0.571. The highest BCUT2D eigenvalue weighted by atomic mass is 16.5. The molecule has 1 heterocycles. The van der Waals surface area contributed by atoms with Gasteiger partial charge in [-0.2, -0.15) is 0 Å². The lowest BCUT2D eigenvalue weighted by Gasteiger charge is -2.38. The maximum Gasteiger partial charge on any atom is 0.0981 e. The van der Waals surface area contributed by atoms with Gasteiger partial charge in [0, 0.05) is 12.6 Å². The van der Waals surface area contributed by atoms with Crippen molar-refractivity contribution >= 4 is 0 Å². The third-order valence-electron chi connectivity index (χ3n) is 3.84. The molecule has 0 aromatic heterocycles. The zero-order valence-corrected chi connectivity index (χ0v) is 10.0. The van der Waals surface area contributed by atoms with E-state index in [9.17, 15) is 0 Å². The molecular weight excluding hydrogens is 198 g/mol. The molecule has 2 nitrogen and oxygen atoms in total. The second-order valence-electron chi connectivity index (χ2n) is 5.04. The van der Waals surface area contributed by atoms with E-state index in [0.29, 0.717) is 6.04 Å². The molecule has 1 fully saturated rings.